The number of hydrogen-bond donors (Lipinski definition) is 2. The SMILES string of the molecule is CC(C(=O)O)S(=O)(=O)N(CCC(N)=O)Cc1ccccc1. The van der Waals surface area contributed by atoms with Crippen molar-refractivity contribution in [1.29, 1.82) is 0 Å². The van der Waals surface area contributed by atoms with E-state index in [4.69, 9.17) is 10.8 Å². The quantitative estimate of drug-likeness (QED) is 0.709. The largest absolute Gasteiger partial charge is 0.480 e. The minimum atomic E-state index is -4.07. The van der Waals surface area contributed by atoms with E-state index in [0.29, 0.717) is 5.56 Å². The van der Waals surface area contributed by atoms with Crippen molar-refractivity contribution < 1.29 is 23.1 Å². The molecule has 1 aromatic carbocycles. The van der Waals surface area contributed by atoms with Crippen LogP contribution in [0.1, 0.15) is 18.9 Å². The zero-order valence-electron chi connectivity index (χ0n) is 11.6. The Morgan fingerprint density at radius 2 is 1.86 bits per heavy atom. The number of primary amides is 1. The zero-order valence-corrected chi connectivity index (χ0v) is 12.4. The van der Waals surface area contributed by atoms with Crippen LogP contribution in [0.25, 0.3) is 0 Å². The lowest BCUT2D eigenvalue weighted by molar-refractivity contribution is -0.136. The van der Waals surface area contributed by atoms with Gasteiger partial charge in [0.1, 0.15) is 0 Å². The molecule has 8 heteroatoms. The molecule has 0 heterocycles. The van der Waals surface area contributed by atoms with Crippen LogP contribution in [0.15, 0.2) is 30.3 Å². The van der Waals surface area contributed by atoms with E-state index in [9.17, 15) is 18.0 Å². The van der Waals surface area contributed by atoms with E-state index >= 15 is 0 Å². The summed E-state index contributed by atoms with van der Waals surface area (Å²) in [4.78, 5) is 21.8. The monoisotopic (exact) mass is 314 g/mol. The molecule has 0 aliphatic carbocycles. The van der Waals surface area contributed by atoms with Gasteiger partial charge in [0.25, 0.3) is 0 Å². The van der Waals surface area contributed by atoms with Gasteiger partial charge in [0.15, 0.2) is 5.25 Å². The van der Waals surface area contributed by atoms with Crippen LogP contribution in [0, 0.1) is 0 Å². The van der Waals surface area contributed by atoms with Gasteiger partial charge in [-0.3, -0.25) is 9.59 Å². The van der Waals surface area contributed by atoms with Gasteiger partial charge >= 0.3 is 5.97 Å². The molecule has 116 valence electrons. The predicted octanol–water partition coefficient (Wildman–Crippen LogP) is 0.167. The first kappa shape index (κ1) is 17.1. The number of carboxylic acids is 1. The molecule has 3 N–H and O–H groups in total. The van der Waals surface area contributed by atoms with Crippen molar-refractivity contribution in [2.45, 2.75) is 25.1 Å². The van der Waals surface area contributed by atoms with E-state index < -0.39 is 27.1 Å². The molecule has 0 saturated carbocycles. The highest BCUT2D eigenvalue weighted by Crippen LogP contribution is 2.15. The van der Waals surface area contributed by atoms with Crippen molar-refractivity contribution in [3.8, 4) is 0 Å². The molecular weight excluding hydrogens is 296 g/mol. The number of aliphatic carboxylic acids is 1. The third-order valence-corrected chi connectivity index (χ3v) is 5.09. The summed E-state index contributed by atoms with van der Waals surface area (Å²) in [5.41, 5.74) is 5.73. The third kappa shape index (κ3) is 4.83. The van der Waals surface area contributed by atoms with Gasteiger partial charge in [-0.15, -0.1) is 0 Å². The van der Waals surface area contributed by atoms with Crippen molar-refractivity contribution in [1.82, 2.24) is 4.31 Å². The average Bonchev–Trinajstić information content (AvgIpc) is 2.43. The summed E-state index contributed by atoms with van der Waals surface area (Å²) in [5.74, 6) is -2.08. The highest BCUT2D eigenvalue weighted by atomic mass is 32.2. The number of nitrogens with zero attached hydrogens (tertiary/aromatic N) is 1. The van der Waals surface area contributed by atoms with Gasteiger partial charge in [-0.2, -0.15) is 4.31 Å². The maximum atomic E-state index is 12.3. The van der Waals surface area contributed by atoms with Gasteiger partial charge in [-0.1, -0.05) is 30.3 Å². The number of benzene rings is 1. The van der Waals surface area contributed by atoms with Crippen LogP contribution in [0.4, 0.5) is 0 Å². The van der Waals surface area contributed by atoms with E-state index in [-0.39, 0.29) is 19.5 Å². The predicted molar refractivity (Wildman–Crippen MR) is 76.7 cm³/mol. The number of carbonyl (C=O) groups excluding carboxylic acids is 1. The van der Waals surface area contributed by atoms with Crippen LogP contribution >= 0.6 is 0 Å². The van der Waals surface area contributed by atoms with Crippen molar-refractivity contribution in [3.63, 3.8) is 0 Å². The molecule has 0 radical (unpaired) electrons. The van der Waals surface area contributed by atoms with E-state index in [2.05, 4.69) is 0 Å². The van der Waals surface area contributed by atoms with Gasteiger partial charge in [0.05, 0.1) is 0 Å². The number of rotatable bonds is 8. The fourth-order valence-electron chi connectivity index (χ4n) is 1.67. The number of hydrogen-bond acceptors (Lipinski definition) is 4. The molecule has 1 unspecified atom stereocenters. The Morgan fingerprint density at radius 1 is 1.29 bits per heavy atom. The second-order valence-corrected chi connectivity index (χ2v) is 6.81. The number of amides is 1. The molecule has 0 aromatic heterocycles. The van der Waals surface area contributed by atoms with Crippen LogP contribution in [0.3, 0.4) is 0 Å². The maximum Gasteiger partial charge on any atom is 0.323 e. The summed E-state index contributed by atoms with van der Waals surface area (Å²) < 4.78 is 25.5. The van der Waals surface area contributed by atoms with Crippen LogP contribution in [-0.2, 0) is 26.2 Å². The van der Waals surface area contributed by atoms with Crippen molar-refractivity contribution in [3.05, 3.63) is 35.9 Å². The molecule has 0 aliphatic heterocycles. The molecule has 0 saturated heterocycles. The lowest BCUT2D eigenvalue weighted by atomic mass is 10.2. The molecule has 1 rings (SSSR count). The summed E-state index contributed by atoms with van der Waals surface area (Å²) in [6.45, 7) is 0.943. The number of carbonyl (C=O) groups is 2. The molecule has 1 amide bonds. The van der Waals surface area contributed by atoms with Gasteiger partial charge in [0.2, 0.25) is 15.9 Å². The molecule has 1 aromatic rings. The van der Waals surface area contributed by atoms with E-state index in [0.717, 1.165) is 11.2 Å². The zero-order chi connectivity index (χ0) is 16.0. The standard InChI is InChI=1S/C13H18N2O5S/c1-10(13(17)18)21(19,20)15(8-7-12(14)16)9-11-5-3-2-4-6-11/h2-6,10H,7-9H2,1H3,(H2,14,16)(H,17,18). The summed E-state index contributed by atoms with van der Waals surface area (Å²) in [6.07, 6.45) is -0.168. The molecule has 0 bridgehead atoms. The third-order valence-electron chi connectivity index (χ3n) is 2.96. The lowest BCUT2D eigenvalue weighted by Crippen LogP contribution is -2.42. The minimum Gasteiger partial charge on any atom is -0.480 e. The second kappa shape index (κ2) is 7.19. The molecule has 21 heavy (non-hydrogen) atoms. The number of nitrogens with two attached hydrogens (primary N) is 1. The van der Waals surface area contributed by atoms with Crippen molar-refractivity contribution in [2.75, 3.05) is 6.54 Å². The molecule has 0 spiro atoms. The first-order valence-corrected chi connectivity index (χ1v) is 7.79. The Bertz CT molecular complexity index is 600. The fourth-order valence-corrected chi connectivity index (χ4v) is 3.05. The normalized spacial score (nSPS) is 13.0. The summed E-state index contributed by atoms with van der Waals surface area (Å²) in [7, 11) is -4.07. The van der Waals surface area contributed by atoms with Crippen molar-refractivity contribution >= 4 is 21.9 Å². The smallest absolute Gasteiger partial charge is 0.323 e. The second-order valence-electron chi connectivity index (χ2n) is 4.56. The van der Waals surface area contributed by atoms with E-state index in [1.807, 2.05) is 0 Å². The molecule has 0 fully saturated rings. The Hall–Kier alpha value is -1.93. The van der Waals surface area contributed by atoms with Crippen molar-refractivity contribution in [2.24, 2.45) is 5.73 Å². The Balaban J connectivity index is 3.01. The molecular formula is C13H18N2O5S. The molecule has 7 nitrogen and oxygen atoms in total. The van der Waals surface area contributed by atoms with E-state index in [1.54, 1.807) is 30.3 Å². The Morgan fingerprint density at radius 3 is 2.33 bits per heavy atom. The minimum absolute atomic E-state index is 0.00588. The number of sulfonamides is 1. The highest BCUT2D eigenvalue weighted by Gasteiger charge is 2.33. The topological polar surface area (TPSA) is 118 Å². The molecule has 0 aliphatic rings. The molecule has 1 atom stereocenters. The Kier molecular flexibility index (Phi) is 5.86. The van der Waals surface area contributed by atoms with Crippen LogP contribution in [0.2, 0.25) is 0 Å². The summed E-state index contributed by atoms with van der Waals surface area (Å²) in [6, 6.07) is 8.71. The summed E-state index contributed by atoms with van der Waals surface area (Å²) in [5, 5.41) is 7.32. The number of carboxylic acid groups (broad SMARTS) is 1. The van der Waals surface area contributed by atoms with Gasteiger partial charge in [0, 0.05) is 19.5 Å². The average molecular weight is 314 g/mol. The first-order valence-electron chi connectivity index (χ1n) is 6.29. The summed E-state index contributed by atoms with van der Waals surface area (Å²) >= 11 is 0. The van der Waals surface area contributed by atoms with Gasteiger partial charge in [-0.05, 0) is 12.5 Å². The fraction of sp³-hybridized carbons (Fsp3) is 0.385. The van der Waals surface area contributed by atoms with E-state index in [1.165, 1.54) is 0 Å². The van der Waals surface area contributed by atoms with Crippen LogP contribution < -0.4 is 5.73 Å². The Labute approximate surface area is 123 Å². The first-order chi connectivity index (χ1) is 9.75. The lowest BCUT2D eigenvalue weighted by Gasteiger charge is -2.23. The maximum absolute atomic E-state index is 12.3. The van der Waals surface area contributed by atoms with Gasteiger partial charge < -0.3 is 10.8 Å². The van der Waals surface area contributed by atoms with Crippen LogP contribution in [-0.4, -0.2) is 41.5 Å². The van der Waals surface area contributed by atoms with Gasteiger partial charge in [-0.25, -0.2) is 8.42 Å². The highest BCUT2D eigenvalue weighted by molar-refractivity contribution is 7.90. The van der Waals surface area contributed by atoms with Crippen LogP contribution in [0.5, 0.6) is 0 Å².